The number of hydrogen-bond donors (Lipinski definition) is 0. The fourth-order valence-corrected chi connectivity index (χ4v) is 2.94. The van der Waals surface area contributed by atoms with Crippen molar-refractivity contribution >= 4 is 5.97 Å². The van der Waals surface area contributed by atoms with Gasteiger partial charge in [0.2, 0.25) is 0 Å². The second-order valence-electron chi connectivity index (χ2n) is 6.07. The first kappa shape index (κ1) is 12.6. The summed E-state index contributed by atoms with van der Waals surface area (Å²) in [6.07, 6.45) is 7.61. The van der Waals surface area contributed by atoms with Crippen molar-refractivity contribution in [1.82, 2.24) is 14.8 Å². The highest BCUT2D eigenvalue weighted by molar-refractivity contribution is 5.90. The van der Waals surface area contributed by atoms with Gasteiger partial charge in [-0.05, 0) is 62.3 Å². The summed E-state index contributed by atoms with van der Waals surface area (Å²) in [5.74, 6) is 0.407. The van der Waals surface area contributed by atoms with E-state index in [0.717, 1.165) is 24.1 Å². The van der Waals surface area contributed by atoms with Gasteiger partial charge in [-0.15, -0.1) is 0 Å². The average molecular weight is 283 g/mol. The van der Waals surface area contributed by atoms with Crippen molar-refractivity contribution in [2.75, 3.05) is 0 Å². The molecule has 0 amide bonds. The minimum absolute atomic E-state index is 0.129. The highest BCUT2D eigenvalue weighted by atomic mass is 16.6. The second kappa shape index (κ2) is 4.41. The molecule has 2 saturated carbocycles. The lowest BCUT2D eigenvalue weighted by molar-refractivity contribution is 0.0160. The maximum atomic E-state index is 12.3. The molecule has 108 valence electrons. The van der Waals surface area contributed by atoms with Crippen molar-refractivity contribution in [3.8, 4) is 5.69 Å². The SMILES string of the molecule is Cc1cc(C(=O)OC2(C3CC3)CC2)ccc1-n1cncn1. The van der Waals surface area contributed by atoms with Crippen molar-refractivity contribution in [3.05, 3.63) is 42.0 Å². The summed E-state index contributed by atoms with van der Waals surface area (Å²) < 4.78 is 7.46. The molecule has 1 aromatic heterocycles. The fraction of sp³-hybridized carbons (Fsp3) is 0.438. The van der Waals surface area contributed by atoms with Gasteiger partial charge in [0.05, 0.1) is 11.3 Å². The molecule has 2 aliphatic carbocycles. The molecule has 2 aromatic rings. The van der Waals surface area contributed by atoms with Crippen LogP contribution in [0.1, 0.15) is 41.6 Å². The lowest BCUT2D eigenvalue weighted by atomic mass is 10.1. The van der Waals surface area contributed by atoms with Gasteiger partial charge in [0.15, 0.2) is 0 Å². The Kier molecular flexibility index (Phi) is 2.64. The summed E-state index contributed by atoms with van der Waals surface area (Å²) in [6, 6.07) is 5.55. The van der Waals surface area contributed by atoms with Crippen molar-refractivity contribution in [2.45, 2.75) is 38.2 Å². The summed E-state index contributed by atoms with van der Waals surface area (Å²) in [6.45, 7) is 1.96. The van der Waals surface area contributed by atoms with E-state index in [9.17, 15) is 4.79 Å². The molecule has 0 spiro atoms. The number of aryl methyl sites for hydroxylation is 1. The van der Waals surface area contributed by atoms with E-state index in [1.165, 1.54) is 19.2 Å². The van der Waals surface area contributed by atoms with Crippen LogP contribution in [0.5, 0.6) is 0 Å². The van der Waals surface area contributed by atoms with Gasteiger partial charge < -0.3 is 4.74 Å². The Bertz CT molecular complexity index is 686. The molecule has 4 rings (SSSR count). The highest BCUT2D eigenvalue weighted by Gasteiger charge is 2.57. The van der Waals surface area contributed by atoms with Crippen molar-refractivity contribution < 1.29 is 9.53 Å². The predicted molar refractivity (Wildman–Crippen MR) is 76.2 cm³/mol. The number of nitrogens with zero attached hydrogens (tertiary/aromatic N) is 3. The molecule has 0 N–H and O–H groups in total. The van der Waals surface area contributed by atoms with E-state index >= 15 is 0 Å². The number of esters is 1. The molecule has 2 fully saturated rings. The van der Waals surface area contributed by atoms with Crippen molar-refractivity contribution in [2.24, 2.45) is 5.92 Å². The van der Waals surface area contributed by atoms with Crippen LogP contribution in [0, 0.1) is 12.8 Å². The number of rotatable bonds is 4. The first-order valence-electron chi connectivity index (χ1n) is 7.37. The fourth-order valence-electron chi connectivity index (χ4n) is 2.94. The van der Waals surface area contributed by atoms with Crippen LogP contribution in [0.25, 0.3) is 5.69 Å². The van der Waals surface area contributed by atoms with Crippen molar-refractivity contribution in [3.63, 3.8) is 0 Å². The Morgan fingerprint density at radius 2 is 2.19 bits per heavy atom. The quantitative estimate of drug-likeness (QED) is 0.809. The third-order valence-corrected chi connectivity index (χ3v) is 4.46. The standard InChI is InChI=1S/C16H17N3O2/c1-11-8-12(2-5-14(11)19-10-17-9-18-19)15(20)21-16(6-7-16)13-3-4-13/h2,5,8-10,13H,3-4,6-7H2,1H3. The van der Waals surface area contributed by atoms with Crippen LogP contribution in [0.4, 0.5) is 0 Å². The number of benzene rings is 1. The molecular weight excluding hydrogens is 266 g/mol. The number of hydrogen-bond acceptors (Lipinski definition) is 4. The van der Waals surface area contributed by atoms with Crippen LogP contribution in [-0.4, -0.2) is 26.3 Å². The van der Waals surface area contributed by atoms with Gasteiger partial charge >= 0.3 is 5.97 Å². The Labute approximate surface area is 122 Å². The van der Waals surface area contributed by atoms with Gasteiger partial charge in [-0.1, -0.05) is 0 Å². The average Bonchev–Trinajstić information content (AvgIpc) is 3.38. The third-order valence-electron chi connectivity index (χ3n) is 4.46. The zero-order chi connectivity index (χ0) is 14.4. The van der Waals surface area contributed by atoms with Crippen LogP contribution in [-0.2, 0) is 4.74 Å². The third kappa shape index (κ3) is 2.22. The maximum absolute atomic E-state index is 12.3. The van der Waals surface area contributed by atoms with Gasteiger partial charge in [0.25, 0.3) is 0 Å². The normalized spacial score (nSPS) is 19.3. The molecule has 0 aliphatic heterocycles. The first-order chi connectivity index (χ1) is 10.2. The molecule has 1 aromatic carbocycles. The highest BCUT2D eigenvalue weighted by Crippen LogP contribution is 2.56. The van der Waals surface area contributed by atoms with Crippen LogP contribution < -0.4 is 0 Å². The van der Waals surface area contributed by atoms with E-state index in [-0.39, 0.29) is 11.6 Å². The minimum Gasteiger partial charge on any atom is -0.455 e. The molecule has 5 nitrogen and oxygen atoms in total. The van der Waals surface area contributed by atoms with Gasteiger partial charge in [-0.3, -0.25) is 0 Å². The summed E-state index contributed by atoms with van der Waals surface area (Å²) in [5.41, 5.74) is 2.39. The number of ether oxygens (including phenoxy) is 1. The van der Waals surface area contributed by atoms with Gasteiger partial charge in [0.1, 0.15) is 18.3 Å². The molecule has 0 atom stereocenters. The number of carbonyl (C=O) groups is 1. The predicted octanol–water partition coefficient (Wildman–Crippen LogP) is 2.68. The largest absolute Gasteiger partial charge is 0.455 e. The lowest BCUT2D eigenvalue weighted by Gasteiger charge is -2.16. The first-order valence-corrected chi connectivity index (χ1v) is 7.37. The molecule has 0 bridgehead atoms. The smallest absolute Gasteiger partial charge is 0.338 e. The Hall–Kier alpha value is -2.17. The second-order valence-corrected chi connectivity index (χ2v) is 6.07. The molecule has 0 unspecified atom stereocenters. The van der Waals surface area contributed by atoms with E-state index in [1.807, 2.05) is 19.1 Å². The number of carbonyl (C=O) groups excluding carboxylic acids is 1. The Morgan fingerprint density at radius 1 is 1.38 bits per heavy atom. The monoisotopic (exact) mass is 283 g/mol. The summed E-state index contributed by atoms with van der Waals surface area (Å²) in [5, 5.41) is 4.11. The van der Waals surface area contributed by atoms with Crippen LogP contribution in [0.2, 0.25) is 0 Å². The molecule has 5 heteroatoms. The summed E-state index contributed by atoms with van der Waals surface area (Å²) in [7, 11) is 0. The van der Waals surface area contributed by atoms with Crippen LogP contribution in [0.3, 0.4) is 0 Å². The molecule has 1 heterocycles. The molecule has 2 aliphatic rings. The molecule has 0 radical (unpaired) electrons. The lowest BCUT2D eigenvalue weighted by Crippen LogP contribution is -2.22. The minimum atomic E-state index is -0.201. The zero-order valence-electron chi connectivity index (χ0n) is 12.0. The topological polar surface area (TPSA) is 57.0 Å². The van der Waals surface area contributed by atoms with E-state index in [1.54, 1.807) is 17.1 Å². The van der Waals surface area contributed by atoms with Crippen molar-refractivity contribution in [1.29, 1.82) is 0 Å². The Balaban J connectivity index is 1.55. The van der Waals surface area contributed by atoms with E-state index < -0.39 is 0 Å². The maximum Gasteiger partial charge on any atom is 0.338 e. The van der Waals surface area contributed by atoms with Gasteiger partial charge in [-0.2, -0.15) is 5.10 Å². The van der Waals surface area contributed by atoms with Gasteiger partial charge in [-0.25, -0.2) is 14.5 Å². The summed E-state index contributed by atoms with van der Waals surface area (Å²) in [4.78, 5) is 16.3. The van der Waals surface area contributed by atoms with Crippen LogP contribution >= 0.6 is 0 Å². The molecule has 21 heavy (non-hydrogen) atoms. The Morgan fingerprint density at radius 3 is 2.76 bits per heavy atom. The van der Waals surface area contributed by atoms with E-state index in [4.69, 9.17) is 4.74 Å². The molecule has 0 saturated heterocycles. The van der Waals surface area contributed by atoms with Gasteiger partial charge in [0, 0.05) is 0 Å². The summed E-state index contributed by atoms with van der Waals surface area (Å²) >= 11 is 0. The molecular formula is C16H17N3O2. The zero-order valence-corrected chi connectivity index (χ0v) is 12.0. The van der Waals surface area contributed by atoms with E-state index in [0.29, 0.717) is 11.5 Å². The van der Waals surface area contributed by atoms with E-state index in [2.05, 4.69) is 10.1 Å². The van der Waals surface area contributed by atoms with Crippen LogP contribution in [0.15, 0.2) is 30.9 Å². The number of aromatic nitrogens is 3.